The average molecular weight is 242 g/mol. The van der Waals surface area contributed by atoms with Gasteiger partial charge >= 0.3 is 11.4 Å². The molecule has 0 atom stereocenters. The second-order valence-corrected chi connectivity index (χ2v) is 3.06. The fourth-order valence-electron chi connectivity index (χ4n) is 1.24. The molecule has 0 bridgehead atoms. The molecule has 0 saturated heterocycles. The van der Waals surface area contributed by atoms with Gasteiger partial charge in [0, 0.05) is 12.1 Å². The minimum atomic E-state index is -1.09. The van der Waals surface area contributed by atoms with Gasteiger partial charge in [-0.3, -0.25) is 20.2 Å². The van der Waals surface area contributed by atoms with E-state index in [2.05, 4.69) is 0 Å². The Kier molecular flexibility index (Phi) is 3.17. The SMILES string of the molecule is Cc1cc([N+](=O)[O-])c(N[N+](=O)[O-])c([N+](=O)[O-])c1. The van der Waals surface area contributed by atoms with Crippen molar-refractivity contribution in [2.45, 2.75) is 6.92 Å². The molecule has 1 rings (SSSR count). The molecule has 0 aliphatic carbocycles. The molecule has 0 saturated carbocycles. The standard InChI is InChI=1S/C7H6N4O6/c1-4-2-5(9(12)13)7(8-11(16)17)6(3-4)10(14)15/h2-3,8H,1H3. The number of benzene rings is 1. The monoisotopic (exact) mass is 242 g/mol. The number of hydrogen-bond donors (Lipinski definition) is 1. The van der Waals surface area contributed by atoms with E-state index in [-0.39, 0.29) is 5.56 Å². The Morgan fingerprint density at radius 1 is 1.00 bits per heavy atom. The van der Waals surface area contributed by atoms with Gasteiger partial charge in [0.25, 0.3) is 5.69 Å². The maximum atomic E-state index is 10.7. The molecular weight excluding hydrogens is 236 g/mol. The Morgan fingerprint density at radius 3 is 1.71 bits per heavy atom. The molecule has 10 nitrogen and oxygen atoms in total. The molecule has 0 radical (unpaired) electrons. The fraction of sp³-hybridized carbons (Fsp3) is 0.143. The zero-order valence-electron chi connectivity index (χ0n) is 8.45. The van der Waals surface area contributed by atoms with Crippen LogP contribution in [-0.2, 0) is 0 Å². The number of nitrogens with one attached hydrogen (secondary N) is 1. The van der Waals surface area contributed by atoms with Crippen LogP contribution in [0.3, 0.4) is 0 Å². The van der Waals surface area contributed by atoms with Crippen molar-refractivity contribution in [1.82, 2.24) is 0 Å². The summed E-state index contributed by atoms with van der Waals surface area (Å²) in [5, 5.41) is 30.5. The summed E-state index contributed by atoms with van der Waals surface area (Å²) in [5.41, 5.74) is -0.437. The number of anilines is 1. The summed E-state index contributed by atoms with van der Waals surface area (Å²) < 4.78 is 0. The molecule has 1 aromatic carbocycles. The summed E-state index contributed by atoms with van der Waals surface area (Å²) in [5.74, 6) is 0. The van der Waals surface area contributed by atoms with Gasteiger partial charge in [-0.15, -0.1) is 0 Å². The maximum absolute atomic E-state index is 10.7. The van der Waals surface area contributed by atoms with Gasteiger partial charge < -0.3 is 0 Å². The summed E-state index contributed by atoms with van der Waals surface area (Å²) in [4.78, 5) is 29.7. The first-order valence-electron chi connectivity index (χ1n) is 4.17. The zero-order valence-corrected chi connectivity index (χ0v) is 8.45. The minimum absolute atomic E-state index is 0.261. The highest BCUT2D eigenvalue weighted by Gasteiger charge is 2.29. The molecule has 0 amide bonds. The number of nitro benzene ring substituents is 2. The number of nitrogens with zero attached hydrogens (tertiary/aromatic N) is 3. The number of aryl methyl sites for hydroxylation is 1. The predicted molar refractivity (Wildman–Crippen MR) is 55.1 cm³/mol. The summed E-state index contributed by atoms with van der Waals surface area (Å²) >= 11 is 0. The van der Waals surface area contributed by atoms with Gasteiger partial charge in [0.05, 0.1) is 9.85 Å². The molecule has 10 heteroatoms. The van der Waals surface area contributed by atoms with E-state index in [9.17, 15) is 30.3 Å². The van der Waals surface area contributed by atoms with E-state index in [0.29, 0.717) is 0 Å². The Bertz CT molecular complexity index is 478. The molecule has 0 fully saturated rings. The van der Waals surface area contributed by atoms with Gasteiger partial charge in [-0.05, 0) is 12.5 Å². The second-order valence-electron chi connectivity index (χ2n) is 3.06. The molecule has 17 heavy (non-hydrogen) atoms. The van der Waals surface area contributed by atoms with E-state index in [1.165, 1.54) is 12.3 Å². The Hall–Kier alpha value is -2.78. The number of rotatable bonds is 4. The van der Waals surface area contributed by atoms with Crippen LogP contribution in [0.2, 0.25) is 0 Å². The summed E-state index contributed by atoms with van der Waals surface area (Å²) in [6.45, 7) is 1.41. The first kappa shape index (κ1) is 12.3. The maximum Gasteiger partial charge on any atom is 0.305 e. The van der Waals surface area contributed by atoms with Crippen LogP contribution >= 0.6 is 0 Å². The Morgan fingerprint density at radius 2 is 1.41 bits per heavy atom. The van der Waals surface area contributed by atoms with Crippen molar-refractivity contribution >= 4 is 17.1 Å². The van der Waals surface area contributed by atoms with Crippen molar-refractivity contribution in [3.8, 4) is 0 Å². The quantitative estimate of drug-likeness (QED) is 0.621. The third-order valence-corrected chi connectivity index (χ3v) is 1.84. The van der Waals surface area contributed by atoms with Gasteiger partial charge in [-0.25, -0.2) is 10.1 Å². The first-order valence-corrected chi connectivity index (χ1v) is 4.17. The molecule has 0 aliphatic heterocycles. The van der Waals surface area contributed by atoms with E-state index in [4.69, 9.17) is 0 Å². The van der Waals surface area contributed by atoms with Gasteiger partial charge in [0.15, 0.2) is 5.03 Å². The highest BCUT2D eigenvalue weighted by atomic mass is 16.7. The van der Waals surface area contributed by atoms with E-state index >= 15 is 0 Å². The van der Waals surface area contributed by atoms with Crippen LogP contribution in [0.5, 0.6) is 0 Å². The summed E-state index contributed by atoms with van der Waals surface area (Å²) in [6.07, 6.45) is 0. The molecule has 0 aromatic heterocycles. The van der Waals surface area contributed by atoms with Crippen LogP contribution in [0, 0.1) is 37.3 Å². The van der Waals surface area contributed by atoms with Gasteiger partial charge in [0.2, 0.25) is 0 Å². The molecule has 1 aromatic rings. The van der Waals surface area contributed by atoms with Crippen molar-refractivity contribution in [2.75, 3.05) is 5.43 Å². The molecular formula is C7H6N4O6. The van der Waals surface area contributed by atoms with E-state index < -0.39 is 31.9 Å². The predicted octanol–water partition coefficient (Wildman–Crippen LogP) is 1.42. The van der Waals surface area contributed by atoms with Gasteiger partial charge in [-0.2, -0.15) is 0 Å². The molecule has 0 aliphatic rings. The molecule has 90 valence electrons. The van der Waals surface area contributed by atoms with E-state index in [0.717, 1.165) is 12.1 Å². The van der Waals surface area contributed by atoms with Gasteiger partial charge in [-0.1, -0.05) is 5.43 Å². The van der Waals surface area contributed by atoms with Crippen molar-refractivity contribution < 1.29 is 14.9 Å². The Balaban J connectivity index is 3.52. The van der Waals surface area contributed by atoms with Crippen molar-refractivity contribution in [3.63, 3.8) is 0 Å². The number of hydrogen-bond acceptors (Lipinski definition) is 6. The highest BCUT2D eigenvalue weighted by Crippen LogP contribution is 2.35. The van der Waals surface area contributed by atoms with Crippen LogP contribution in [0.4, 0.5) is 17.1 Å². The van der Waals surface area contributed by atoms with Crippen LogP contribution in [0.15, 0.2) is 12.1 Å². The minimum Gasteiger partial charge on any atom is -0.258 e. The molecule has 0 unspecified atom stereocenters. The molecule has 1 N–H and O–H groups in total. The highest BCUT2D eigenvalue weighted by molar-refractivity contribution is 5.73. The van der Waals surface area contributed by atoms with E-state index in [1.807, 2.05) is 0 Å². The lowest BCUT2D eigenvalue weighted by Crippen LogP contribution is -2.12. The molecule has 0 heterocycles. The number of nitro groups is 3. The fourth-order valence-corrected chi connectivity index (χ4v) is 1.24. The van der Waals surface area contributed by atoms with Crippen LogP contribution in [0.25, 0.3) is 0 Å². The normalized spacial score (nSPS) is 9.71. The smallest absolute Gasteiger partial charge is 0.258 e. The topological polar surface area (TPSA) is 141 Å². The Labute approximate surface area is 93.3 Å². The van der Waals surface area contributed by atoms with Crippen LogP contribution in [0.1, 0.15) is 5.56 Å². The largest absolute Gasteiger partial charge is 0.305 e. The zero-order chi connectivity index (χ0) is 13.2. The van der Waals surface area contributed by atoms with Crippen LogP contribution in [-0.4, -0.2) is 14.9 Å². The van der Waals surface area contributed by atoms with Crippen LogP contribution < -0.4 is 5.43 Å². The van der Waals surface area contributed by atoms with Crippen molar-refractivity contribution in [1.29, 1.82) is 0 Å². The lowest BCUT2D eigenvalue weighted by Gasteiger charge is -2.02. The summed E-state index contributed by atoms with van der Waals surface area (Å²) in [6, 6.07) is 2.03. The summed E-state index contributed by atoms with van der Waals surface area (Å²) in [7, 11) is 0. The number of hydrazine groups is 1. The third kappa shape index (κ3) is 2.62. The van der Waals surface area contributed by atoms with Crippen molar-refractivity contribution in [2.24, 2.45) is 0 Å². The first-order chi connectivity index (χ1) is 7.82. The van der Waals surface area contributed by atoms with Gasteiger partial charge in [0.1, 0.15) is 0 Å². The lowest BCUT2D eigenvalue weighted by molar-refractivity contribution is -0.449. The lowest BCUT2D eigenvalue weighted by atomic mass is 10.1. The second kappa shape index (κ2) is 4.38. The third-order valence-electron chi connectivity index (χ3n) is 1.84. The average Bonchev–Trinajstić information content (AvgIpc) is 2.18. The van der Waals surface area contributed by atoms with E-state index in [1.54, 1.807) is 0 Å². The molecule has 0 spiro atoms. The van der Waals surface area contributed by atoms with Crippen molar-refractivity contribution in [3.05, 3.63) is 48.0 Å².